The highest BCUT2D eigenvalue weighted by Crippen LogP contribution is 2.31. The van der Waals surface area contributed by atoms with Crippen LogP contribution >= 0.6 is 11.6 Å². The van der Waals surface area contributed by atoms with E-state index in [4.69, 9.17) is 21.4 Å². The van der Waals surface area contributed by atoms with Crippen LogP contribution in [-0.2, 0) is 34.1 Å². The Kier molecular flexibility index (Phi) is 15.9. The molecule has 5 aromatic rings. The third kappa shape index (κ3) is 11.6. The summed E-state index contributed by atoms with van der Waals surface area (Å²) in [6.45, 7) is 8.80. The molecule has 7 rings (SSSR count). The van der Waals surface area contributed by atoms with Crippen molar-refractivity contribution >= 4 is 56.2 Å². The predicted molar refractivity (Wildman–Crippen MR) is 251 cm³/mol. The molecule has 3 heterocycles. The lowest BCUT2D eigenvalue weighted by Crippen LogP contribution is -2.38. The largest absolute Gasteiger partial charge is 0.449 e. The summed E-state index contributed by atoms with van der Waals surface area (Å²) in [6.07, 6.45) is 6.82. The van der Waals surface area contributed by atoms with Gasteiger partial charge in [-0.3, -0.25) is 14.4 Å². The first-order valence-electron chi connectivity index (χ1n) is 22.7. The minimum absolute atomic E-state index is 0.0200. The maximum atomic E-state index is 14.9. The number of sulfonamides is 1. The lowest BCUT2D eigenvalue weighted by Gasteiger charge is -2.29. The van der Waals surface area contributed by atoms with Crippen LogP contribution < -0.4 is 10.0 Å². The number of halogens is 1. The predicted octanol–water partition coefficient (Wildman–Crippen LogP) is 7.79. The van der Waals surface area contributed by atoms with E-state index >= 15 is 0 Å². The number of alkyl carbamates (subject to hydrolysis) is 1. The number of fused-ring (bicyclic) bond motifs is 2. The second kappa shape index (κ2) is 21.9. The van der Waals surface area contributed by atoms with Crippen molar-refractivity contribution in [3.8, 4) is 5.69 Å². The van der Waals surface area contributed by atoms with Crippen LogP contribution in [0.4, 0.5) is 4.79 Å². The van der Waals surface area contributed by atoms with Crippen molar-refractivity contribution in [2.75, 3.05) is 52.4 Å². The molecule has 344 valence electrons. The molecule has 4 amide bonds. The smallest absolute Gasteiger partial charge is 0.407 e. The lowest BCUT2D eigenvalue weighted by molar-refractivity contribution is 0.0732. The number of carbonyl (C=O) groups excluding carboxylic acids is 4. The van der Waals surface area contributed by atoms with Crippen molar-refractivity contribution in [1.29, 1.82) is 0 Å². The summed E-state index contributed by atoms with van der Waals surface area (Å²) in [5.41, 5.74) is 2.54. The van der Waals surface area contributed by atoms with Crippen LogP contribution in [-0.4, -0.2) is 109 Å². The van der Waals surface area contributed by atoms with Crippen molar-refractivity contribution in [1.82, 2.24) is 34.5 Å². The number of carbonyl (C=O) groups is 4. The van der Waals surface area contributed by atoms with Gasteiger partial charge in [-0.15, -0.1) is 0 Å². The normalized spacial score (nSPS) is 14.2. The van der Waals surface area contributed by atoms with Gasteiger partial charge in [-0.2, -0.15) is 5.10 Å². The van der Waals surface area contributed by atoms with E-state index in [9.17, 15) is 27.6 Å². The quantitative estimate of drug-likeness (QED) is 0.0894. The van der Waals surface area contributed by atoms with E-state index in [-0.39, 0.29) is 51.4 Å². The lowest BCUT2D eigenvalue weighted by atomic mass is 9.98. The number of benzene rings is 4. The van der Waals surface area contributed by atoms with Gasteiger partial charge in [0.1, 0.15) is 0 Å². The SMILES string of the molecule is CCCCN(CCCC)C(=O)c1nn(-c2ccc(C(=O)NS(=O)(=O)c3ccc4ccccc4c3)cc2C(=O)N2CCc3ccccc3C2)c(CCOC(=O)NCCN2CCCCC2)c1Cl. The second-order valence-corrected chi connectivity index (χ2v) is 18.7. The van der Waals surface area contributed by atoms with Crippen LogP contribution in [0.3, 0.4) is 0 Å². The fourth-order valence-corrected chi connectivity index (χ4v) is 9.69. The molecule has 2 aliphatic rings. The number of unbranched alkanes of at least 4 members (excludes halogenated alkanes) is 2. The molecule has 0 saturated carbocycles. The van der Waals surface area contributed by atoms with Gasteiger partial charge in [0.25, 0.3) is 27.7 Å². The van der Waals surface area contributed by atoms with Crippen LogP contribution in [0.2, 0.25) is 5.02 Å². The fraction of sp³-hybridized carbons (Fsp3) is 0.408. The summed E-state index contributed by atoms with van der Waals surface area (Å²) in [7, 11) is -4.34. The number of likely N-dealkylation sites (tertiary alicyclic amines) is 1. The highest BCUT2D eigenvalue weighted by molar-refractivity contribution is 7.90. The van der Waals surface area contributed by atoms with Crippen LogP contribution in [0.5, 0.6) is 0 Å². The molecule has 0 atom stereocenters. The van der Waals surface area contributed by atoms with Gasteiger partial charge in [0.2, 0.25) is 0 Å². The molecule has 65 heavy (non-hydrogen) atoms. The average Bonchev–Trinajstić information content (AvgIpc) is 3.65. The first kappa shape index (κ1) is 47.2. The number of nitrogens with zero attached hydrogens (tertiary/aromatic N) is 5. The Morgan fingerprint density at radius 3 is 2.28 bits per heavy atom. The topological polar surface area (TPSA) is 163 Å². The van der Waals surface area contributed by atoms with Gasteiger partial charge in [0.15, 0.2) is 5.69 Å². The molecule has 0 unspecified atom stereocenters. The van der Waals surface area contributed by atoms with Crippen LogP contribution in [0, 0.1) is 0 Å². The Morgan fingerprint density at radius 2 is 1.54 bits per heavy atom. The minimum Gasteiger partial charge on any atom is -0.449 e. The van der Waals surface area contributed by atoms with Crippen molar-refractivity contribution < 1.29 is 32.3 Å². The number of piperidine rings is 1. The maximum Gasteiger partial charge on any atom is 0.407 e. The molecule has 2 N–H and O–H groups in total. The van der Waals surface area contributed by atoms with Gasteiger partial charge in [0, 0.05) is 51.3 Å². The fourth-order valence-electron chi connectivity index (χ4n) is 8.39. The number of aromatic nitrogens is 2. The number of hydrogen-bond donors (Lipinski definition) is 2. The molecule has 0 radical (unpaired) electrons. The Hall–Kier alpha value is -5.77. The van der Waals surface area contributed by atoms with Crippen molar-refractivity contribution in [3.05, 3.63) is 124 Å². The number of ether oxygens (including phenoxy) is 1. The summed E-state index contributed by atoms with van der Waals surface area (Å²) >= 11 is 7.14. The number of rotatable bonds is 18. The van der Waals surface area contributed by atoms with E-state index in [1.54, 1.807) is 28.0 Å². The Balaban J connectivity index is 1.24. The number of amides is 4. The van der Waals surface area contributed by atoms with Crippen molar-refractivity contribution in [2.45, 2.75) is 83.1 Å². The van der Waals surface area contributed by atoms with E-state index in [1.807, 2.05) is 50.2 Å². The highest BCUT2D eigenvalue weighted by atomic mass is 35.5. The Morgan fingerprint density at radius 1 is 0.831 bits per heavy atom. The summed E-state index contributed by atoms with van der Waals surface area (Å²) in [4.78, 5) is 61.6. The molecule has 2 aliphatic heterocycles. The Labute approximate surface area is 386 Å². The van der Waals surface area contributed by atoms with Crippen molar-refractivity contribution in [2.24, 2.45) is 0 Å². The summed E-state index contributed by atoms with van der Waals surface area (Å²) in [5, 5.41) is 9.21. The van der Waals surface area contributed by atoms with Gasteiger partial charge in [-0.05, 0) is 97.4 Å². The third-order valence-corrected chi connectivity index (χ3v) is 13.8. The molecule has 0 spiro atoms. The molecular formula is C49H58ClN7O7S. The maximum absolute atomic E-state index is 14.9. The van der Waals surface area contributed by atoms with Gasteiger partial charge in [-0.1, -0.05) is 99.3 Å². The van der Waals surface area contributed by atoms with E-state index < -0.39 is 27.9 Å². The number of nitrogens with one attached hydrogen (secondary N) is 2. The number of hydrogen-bond acceptors (Lipinski definition) is 9. The standard InChI is InChI=1S/C49H58ClN7O7S/c1-3-5-27-55(28-6-4-2)48(60)45-44(50)43(23-31-64-49(61)51-24-30-54-25-12-7-13-26-54)57(52-45)42-21-19-38(33-41(42)47(59)56-29-22-36-15-9-11-17-39(36)34-56)46(58)53-65(62,63)40-20-18-35-14-8-10-16-37(35)32-40/h8-11,14-21,32-33H,3-7,12-13,22-31,34H2,1-2H3,(H,51,61)(H,53,58). The van der Waals surface area contributed by atoms with E-state index in [1.165, 1.54) is 41.4 Å². The third-order valence-electron chi connectivity index (χ3n) is 12.1. The van der Waals surface area contributed by atoms with Gasteiger partial charge < -0.3 is 24.8 Å². The zero-order chi connectivity index (χ0) is 45.9. The summed E-state index contributed by atoms with van der Waals surface area (Å²) in [5.74, 6) is -1.76. The molecule has 4 aromatic carbocycles. The molecule has 1 aromatic heterocycles. The molecule has 1 saturated heterocycles. The van der Waals surface area contributed by atoms with E-state index in [0.717, 1.165) is 68.1 Å². The monoisotopic (exact) mass is 923 g/mol. The Bertz CT molecular complexity index is 2620. The molecule has 0 aliphatic carbocycles. The minimum atomic E-state index is -4.34. The van der Waals surface area contributed by atoms with Gasteiger partial charge in [0.05, 0.1) is 33.5 Å². The van der Waals surface area contributed by atoms with Gasteiger partial charge >= 0.3 is 6.09 Å². The van der Waals surface area contributed by atoms with E-state index in [2.05, 4.69) is 14.9 Å². The van der Waals surface area contributed by atoms with Gasteiger partial charge in [-0.25, -0.2) is 22.6 Å². The highest BCUT2D eigenvalue weighted by Gasteiger charge is 2.31. The average molecular weight is 925 g/mol. The molecule has 16 heteroatoms. The van der Waals surface area contributed by atoms with Crippen LogP contribution in [0.25, 0.3) is 16.5 Å². The molecule has 1 fully saturated rings. The molecule has 14 nitrogen and oxygen atoms in total. The zero-order valence-electron chi connectivity index (χ0n) is 37.2. The second-order valence-electron chi connectivity index (χ2n) is 16.7. The summed E-state index contributed by atoms with van der Waals surface area (Å²) in [6, 6.07) is 24.0. The summed E-state index contributed by atoms with van der Waals surface area (Å²) < 4.78 is 36.5. The van der Waals surface area contributed by atoms with Crippen LogP contribution in [0.15, 0.2) is 89.8 Å². The molecular weight excluding hydrogens is 866 g/mol. The van der Waals surface area contributed by atoms with Crippen molar-refractivity contribution in [3.63, 3.8) is 0 Å². The first-order chi connectivity index (χ1) is 31.5. The first-order valence-corrected chi connectivity index (χ1v) is 24.6. The zero-order valence-corrected chi connectivity index (χ0v) is 38.8. The van der Waals surface area contributed by atoms with Crippen LogP contribution in [0.1, 0.15) is 107 Å². The van der Waals surface area contributed by atoms with E-state index in [0.29, 0.717) is 56.8 Å². The molecule has 0 bridgehead atoms.